The molecule has 3 rings (SSSR count). The molecule has 0 saturated carbocycles. The second-order valence-corrected chi connectivity index (χ2v) is 4.71. The number of benzene rings is 2. The average molecular weight is 287 g/mol. The van der Waals surface area contributed by atoms with Gasteiger partial charge in [-0.25, -0.2) is 9.59 Å². The van der Waals surface area contributed by atoms with E-state index in [0.29, 0.717) is 16.1 Å². The molecule has 0 unspecified atom stereocenters. The maximum atomic E-state index is 12.3. The van der Waals surface area contributed by atoms with Gasteiger partial charge in [0.15, 0.2) is 5.78 Å². The van der Waals surface area contributed by atoms with E-state index in [1.807, 2.05) is 0 Å². The van der Waals surface area contributed by atoms with E-state index in [1.165, 1.54) is 18.2 Å². The predicted molar refractivity (Wildman–Crippen MR) is 71.1 cm³/mol. The van der Waals surface area contributed by atoms with Gasteiger partial charge < -0.3 is 4.74 Å². The molecule has 2 aromatic carbocycles. The van der Waals surface area contributed by atoms with Crippen molar-refractivity contribution in [3.63, 3.8) is 0 Å². The first-order valence-electron chi connectivity index (χ1n) is 5.77. The van der Waals surface area contributed by atoms with Crippen LogP contribution in [0.2, 0.25) is 5.02 Å². The van der Waals surface area contributed by atoms with Gasteiger partial charge in [0.25, 0.3) is 0 Å². The Morgan fingerprint density at radius 3 is 2.15 bits per heavy atom. The molecule has 1 aliphatic heterocycles. The van der Waals surface area contributed by atoms with E-state index in [2.05, 4.69) is 4.74 Å². The minimum Gasteiger partial charge on any atom is -0.386 e. The third-order valence-corrected chi connectivity index (χ3v) is 3.27. The van der Waals surface area contributed by atoms with Crippen LogP contribution >= 0.6 is 11.6 Å². The Morgan fingerprint density at radius 1 is 0.850 bits per heavy atom. The normalized spacial score (nSPS) is 13.1. The minimum atomic E-state index is -0.726. The Bertz CT molecular complexity index is 747. The van der Waals surface area contributed by atoms with Crippen molar-refractivity contribution >= 4 is 29.3 Å². The van der Waals surface area contributed by atoms with Crippen LogP contribution in [0, 0.1) is 0 Å². The SMILES string of the molecule is O=C(c1ccc(Cl)cc1)c1ccc2c(c1)C(=O)OC2=O. The zero-order valence-corrected chi connectivity index (χ0v) is 10.8. The maximum Gasteiger partial charge on any atom is 0.346 e. The molecule has 0 atom stereocenters. The van der Waals surface area contributed by atoms with Crippen molar-refractivity contribution in [3.05, 3.63) is 69.7 Å². The molecule has 1 aliphatic rings. The van der Waals surface area contributed by atoms with Crippen molar-refractivity contribution in [2.75, 3.05) is 0 Å². The van der Waals surface area contributed by atoms with Crippen LogP contribution in [-0.4, -0.2) is 17.7 Å². The summed E-state index contributed by atoms with van der Waals surface area (Å²) in [6.45, 7) is 0. The number of halogens is 1. The second-order valence-electron chi connectivity index (χ2n) is 4.27. The van der Waals surface area contributed by atoms with Crippen molar-refractivity contribution < 1.29 is 19.1 Å². The van der Waals surface area contributed by atoms with Crippen LogP contribution in [-0.2, 0) is 4.74 Å². The van der Waals surface area contributed by atoms with Crippen molar-refractivity contribution in [1.82, 2.24) is 0 Å². The molecule has 4 nitrogen and oxygen atoms in total. The Kier molecular flexibility index (Phi) is 2.88. The Hall–Kier alpha value is -2.46. The molecule has 0 aromatic heterocycles. The zero-order chi connectivity index (χ0) is 14.3. The Balaban J connectivity index is 2.02. The van der Waals surface area contributed by atoms with Crippen LogP contribution < -0.4 is 0 Å². The van der Waals surface area contributed by atoms with Crippen molar-refractivity contribution in [2.45, 2.75) is 0 Å². The number of hydrogen-bond donors (Lipinski definition) is 0. The largest absolute Gasteiger partial charge is 0.386 e. The summed E-state index contributed by atoms with van der Waals surface area (Å²) >= 11 is 5.76. The van der Waals surface area contributed by atoms with Gasteiger partial charge in [0, 0.05) is 16.1 Å². The van der Waals surface area contributed by atoms with Gasteiger partial charge >= 0.3 is 11.9 Å². The van der Waals surface area contributed by atoms with Crippen LogP contribution in [0.3, 0.4) is 0 Å². The first-order valence-corrected chi connectivity index (χ1v) is 6.15. The molecule has 0 spiro atoms. The molecule has 20 heavy (non-hydrogen) atoms. The average Bonchev–Trinajstić information content (AvgIpc) is 2.74. The zero-order valence-electron chi connectivity index (χ0n) is 10.1. The molecule has 5 heteroatoms. The number of esters is 2. The van der Waals surface area contributed by atoms with E-state index in [-0.39, 0.29) is 16.9 Å². The highest BCUT2D eigenvalue weighted by Crippen LogP contribution is 2.23. The summed E-state index contributed by atoms with van der Waals surface area (Å²) in [5.74, 6) is -1.66. The molecule has 0 aliphatic carbocycles. The highest BCUT2D eigenvalue weighted by Gasteiger charge is 2.30. The molecule has 0 radical (unpaired) electrons. The fourth-order valence-corrected chi connectivity index (χ4v) is 2.12. The summed E-state index contributed by atoms with van der Waals surface area (Å²) < 4.78 is 4.48. The number of fused-ring (bicyclic) bond motifs is 1. The summed E-state index contributed by atoms with van der Waals surface area (Å²) in [6, 6.07) is 10.7. The van der Waals surface area contributed by atoms with Gasteiger partial charge in [0.2, 0.25) is 0 Å². The van der Waals surface area contributed by atoms with Crippen LogP contribution in [0.4, 0.5) is 0 Å². The molecular formula is C15H7ClO4. The summed E-state index contributed by atoms with van der Waals surface area (Å²) in [5, 5.41) is 0.532. The highest BCUT2D eigenvalue weighted by molar-refractivity contribution is 6.30. The Morgan fingerprint density at radius 2 is 1.45 bits per heavy atom. The molecule has 0 fully saturated rings. The number of hydrogen-bond acceptors (Lipinski definition) is 4. The number of rotatable bonds is 2. The third-order valence-electron chi connectivity index (χ3n) is 3.01. The van der Waals surface area contributed by atoms with Gasteiger partial charge in [-0.2, -0.15) is 0 Å². The molecule has 0 bridgehead atoms. The summed E-state index contributed by atoms with van der Waals surface area (Å²) in [6.07, 6.45) is 0. The second kappa shape index (κ2) is 4.58. The monoisotopic (exact) mass is 286 g/mol. The molecular weight excluding hydrogens is 280 g/mol. The summed E-state index contributed by atoms with van der Waals surface area (Å²) in [7, 11) is 0. The number of cyclic esters (lactones) is 2. The molecule has 98 valence electrons. The lowest BCUT2D eigenvalue weighted by Crippen LogP contribution is -2.03. The predicted octanol–water partition coefficient (Wildman–Crippen LogP) is 2.88. The van der Waals surface area contributed by atoms with Crippen molar-refractivity contribution in [1.29, 1.82) is 0 Å². The molecule has 2 aromatic rings. The molecule has 0 saturated heterocycles. The topological polar surface area (TPSA) is 60.4 Å². The summed E-state index contributed by atoms with van der Waals surface area (Å²) in [4.78, 5) is 35.0. The fourth-order valence-electron chi connectivity index (χ4n) is 1.99. The first-order chi connectivity index (χ1) is 9.56. The lowest BCUT2D eigenvalue weighted by atomic mass is 9.99. The van der Waals surface area contributed by atoms with E-state index in [9.17, 15) is 14.4 Å². The summed E-state index contributed by atoms with van der Waals surface area (Å²) in [5.41, 5.74) is 1.07. The van der Waals surface area contributed by atoms with Crippen molar-refractivity contribution in [3.8, 4) is 0 Å². The van der Waals surface area contributed by atoms with Crippen LogP contribution in [0.25, 0.3) is 0 Å². The lowest BCUT2D eigenvalue weighted by Gasteiger charge is -2.02. The number of ketones is 1. The third kappa shape index (κ3) is 2.00. The van der Waals surface area contributed by atoms with Crippen LogP contribution in [0.1, 0.15) is 36.6 Å². The van der Waals surface area contributed by atoms with E-state index in [1.54, 1.807) is 24.3 Å². The van der Waals surface area contributed by atoms with Gasteiger partial charge in [0.05, 0.1) is 11.1 Å². The van der Waals surface area contributed by atoms with Crippen molar-refractivity contribution in [2.24, 2.45) is 0 Å². The van der Waals surface area contributed by atoms with Gasteiger partial charge in [-0.3, -0.25) is 4.79 Å². The van der Waals surface area contributed by atoms with Crippen LogP contribution in [0.5, 0.6) is 0 Å². The Labute approximate surface area is 118 Å². The van der Waals surface area contributed by atoms with Crippen LogP contribution in [0.15, 0.2) is 42.5 Å². The standard InChI is InChI=1S/C15H7ClO4/c16-10-4-1-8(2-5-10)13(17)9-3-6-11-12(7-9)15(19)20-14(11)18/h1-7H. The van der Waals surface area contributed by atoms with E-state index in [0.717, 1.165) is 0 Å². The lowest BCUT2D eigenvalue weighted by molar-refractivity contribution is 0.0443. The van der Waals surface area contributed by atoms with Gasteiger partial charge in [0.1, 0.15) is 0 Å². The maximum absolute atomic E-state index is 12.3. The molecule has 0 amide bonds. The molecule has 0 N–H and O–H groups in total. The van der Waals surface area contributed by atoms with Gasteiger partial charge in [-0.15, -0.1) is 0 Å². The van der Waals surface area contributed by atoms with E-state index in [4.69, 9.17) is 11.6 Å². The van der Waals surface area contributed by atoms with Gasteiger partial charge in [-0.1, -0.05) is 17.7 Å². The first kappa shape index (κ1) is 12.6. The van der Waals surface area contributed by atoms with E-state index >= 15 is 0 Å². The van der Waals surface area contributed by atoms with Gasteiger partial charge in [-0.05, 0) is 36.4 Å². The minimum absolute atomic E-state index is 0.120. The fraction of sp³-hybridized carbons (Fsp3) is 0. The highest BCUT2D eigenvalue weighted by atomic mass is 35.5. The smallest absolute Gasteiger partial charge is 0.346 e. The molecule has 1 heterocycles. The number of carbonyl (C=O) groups is 3. The number of carbonyl (C=O) groups excluding carboxylic acids is 3. The number of ether oxygens (including phenoxy) is 1. The van der Waals surface area contributed by atoms with E-state index < -0.39 is 11.9 Å². The quantitative estimate of drug-likeness (QED) is 0.484.